The number of piperazine rings is 1. The van der Waals surface area contributed by atoms with Gasteiger partial charge in [-0.15, -0.1) is 10.2 Å². The van der Waals surface area contributed by atoms with E-state index in [2.05, 4.69) is 32.1 Å². The minimum absolute atomic E-state index is 0.0909. The monoisotopic (exact) mass is 601 g/mol. The zero-order valence-electron chi connectivity index (χ0n) is 23.0. The number of hydrogen-bond donors (Lipinski definition) is 1. The number of thioether (sulfide) groups is 1. The third-order valence-electron chi connectivity index (χ3n) is 7.56. The molecular weight excluding hydrogens is 573 g/mol. The topological polar surface area (TPSA) is 130 Å². The van der Waals surface area contributed by atoms with E-state index < -0.39 is 22.8 Å². The molecule has 13 heteroatoms. The molecule has 0 bridgehead atoms. The van der Waals surface area contributed by atoms with E-state index in [4.69, 9.17) is 4.99 Å². The van der Waals surface area contributed by atoms with E-state index in [1.54, 1.807) is 28.8 Å². The van der Waals surface area contributed by atoms with Crippen molar-refractivity contribution in [3.8, 4) is 5.69 Å². The van der Waals surface area contributed by atoms with Gasteiger partial charge in [-0.3, -0.25) is 29.4 Å². The summed E-state index contributed by atoms with van der Waals surface area (Å²) in [6, 6.07) is 19.9. The van der Waals surface area contributed by atoms with Crippen molar-refractivity contribution in [3.05, 3.63) is 106 Å². The third-order valence-corrected chi connectivity index (χ3v) is 8.58. The van der Waals surface area contributed by atoms with Crippen LogP contribution in [0.4, 0.5) is 15.8 Å². The van der Waals surface area contributed by atoms with Crippen molar-refractivity contribution in [1.29, 1.82) is 0 Å². The Hall–Kier alpha value is -4.62. The quantitative estimate of drug-likeness (QED) is 0.161. The molecule has 0 saturated carbocycles. The minimum atomic E-state index is -1.00. The number of aliphatic carboxylic acids is 1. The predicted octanol–water partition coefficient (Wildman–Crippen LogP) is 4.94. The maximum atomic E-state index is 15.1. The number of para-hydroxylation sites is 1. The molecule has 1 aromatic heterocycles. The number of anilines is 1. The summed E-state index contributed by atoms with van der Waals surface area (Å²) in [6.07, 6.45) is -0.107. The smallest absolute Gasteiger partial charge is 0.303 e. The van der Waals surface area contributed by atoms with Gasteiger partial charge >= 0.3 is 5.97 Å². The molecule has 1 saturated heterocycles. The molecule has 6 rings (SSSR count). The number of benzene rings is 3. The van der Waals surface area contributed by atoms with Gasteiger partial charge in [0.15, 0.2) is 11.0 Å². The summed E-state index contributed by atoms with van der Waals surface area (Å²) in [5.74, 6) is -0.517. The van der Waals surface area contributed by atoms with Crippen molar-refractivity contribution in [2.45, 2.75) is 24.0 Å². The average molecular weight is 602 g/mol. The molecule has 0 spiro atoms. The van der Waals surface area contributed by atoms with Gasteiger partial charge in [-0.25, -0.2) is 4.39 Å². The summed E-state index contributed by atoms with van der Waals surface area (Å²) in [4.78, 5) is 32.3. The van der Waals surface area contributed by atoms with E-state index in [9.17, 15) is 20.0 Å². The van der Waals surface area contributed by atoms with Gasteiger partial charge in [0.1, 0.15) is 11.9 Å². The Labute approximate surface area is 250 Å². The van der Waals surface area contributed by atoms with Crippen molar-refractivity contribution in [1.82, 2.24) is 19.7 Å². The van der Waals surface area contributed by atoms with Crippen LogP contribution in [0.5, 0.6) is 0 Å². The van der Waals surface area contributed by atoms with Crippen LogP contribution in [0.15, 0.2) is 82.9 Å². The molecule has 3 heterocycles. The number of aliphatic imine (C=N–C) groups is 1. The highest BCUT2D eigenvalue weighted by Crippen LogP contribution is 2.37. The van der Waals surface area contributed by atoms with Crippen molar-refractivity contribution >= 4 is 34.8 Å². The van der Waals surface area contributed by atoms with E-state index in [1.807, 2.05) is 18.2 Å². The molecule has 2 aliphatic heterocycles. The van der Waals surface area contributed by atoms with E-state index >= 15 is 4.39 Å². The zero-order valence-corrected chi connectivity index (χ0v) is 23.9. The Bertz CT molecular complexity index is 1690. The first-order valence-electron chi connectivity index (χ1n) is 13.8. The molecule has 0 aliphatic carbocycles. The highest BCUT2D eigenvalue weighted by atomic mass is 32.2. The van der Waals surface area contributed by atoms with Gasteiger partial charge < -0.3 is 10.0 Å². The van der Waals surface area contributed by atoms with E-state index in [0.717, 1.165) is 26.2 Å². The van der Waals surface area contributed by atoms with Crippen molar-refractivity contribution in [3.63, 3.8) is 0 Å². The second kappa shape index (κ2) is 12.3. The largest absolute Gasteiger partial charge is 0.481 e. The van der Waals surface area contributed by atoms with Crippen molar-refractivity contribution in [2.75, 3.05) is 37.0 Å². The Kier molecular flexibility index (Phi) is 8.16. The van der Waals surface area contributed by atoms with Gasteiger partial charge in [-0.1, -0.05) is 42.1 Å². The van der Waals surface area contributed by atoms with Gasteiger partial charge in [0.2, 0.25) is 0 Å². The fraction of sp³-hybridized carbons (Fsp3) is 0.267. The lowest BCUT2D eigenvalue weighted by Gasteiger charge is -2.35. The lowest BCUT2D eigenvalue weighted by atomic mass is 9.99. The predicted molar refractivity (Wildman–Crippen MR) is 161 cm³/mol. The highest BCUT2D eigenvalue weighted by molar-refractivity contribution is 7.99. The number of hydrogen-bond acceptors (Lipinski definition) is 9. The molecule has 43 heavy (non-hydrogen) atoms. The van der Waals surface area contributed by atoms with Crippen LogP contribution >= 0.6 is 11.8 Å². The molecule has 220 valence electrons. The Morgan fingerprint density at radius 3 is 2.47 bits per heavy atom. The standard InChI is InChI=1S/C30H28FN7O4S/c31-24-9-5-4-8-22(24)28-23-18-21(38(41)42)10-12-26(23)37-29(25(32-28)11-13-27(39)40)33-34-30(37)43-19-35-14-16-36(17-15-35)20-6-2-1-3-7-20/h1-10,12,18,25H,11,13-17,19H2,(H,39,40)/t25-/m0/s1. The summed E-state index contributed by atoms with van der Waals surface area (Å²) in [5.41, 5.74) is 2.24. The first-order valence-corrected chi connectivity index (χ1v) is 14.8. The molecule has 1 N–H and O–H groups in total. The van der Waals surface area contributed by atoms with Crippen LogP contribution in [-0.2, 0) is 4.79 Å². The number of fused-ring (bicyclic) bond motifs is 3. The molecule has 4 aromatic rings. The lowest BCUT2D eigenvalue weighted by Crippen LogP contribution is -2.46. The average Bonchev–Trinajstić information content (AvgIpc) is 3.39. The van der Waals surface area contributed by atoms with Crippen LogP contribution in [0.2, 0.25) is 0 Å². The number of carbonyl (C=O) groups is 1. The number of non-ortho nitro benzene ring substituents is 1. The van der Waals surface area contributed by atoms with Gasteiger partial charge in [-0.2, -0.15) is 0 Å². The number of halogens is 1. The lowest BCUT2D eigenvalue weighted by molar-refractivity contribution is -0.384. The van der Waals surface area contributed by atoms with Gasteiger partial charge in [0.25, 0.3) is 5.69 Å². The first-order chi connectivity index (χ1) is 20.9. The number of rotatable bonds is 9. The van der Waals surface area contributed by atoms with Crippen LogP contribution in [0.3, 0.4) is 0 Å². The number of nitrogens with zero attached hydrogens (tertiary/aromatic N) is 7. The van der Waals surface area contributed by atoms with Crippen LogP contribution in [0, 0.1) is 15.9 Å². The fourth-order valence-corrected chi connectivity index (χ4v) is 6.34. The van der Waals surface area contributed by atoms with Crippen LogP contribution in [-0.4, -0.2) is 73.4 Å². The molecule has 0 radical (unpaired) electrons. The normalized spacial score (nSPS) is 16.6. The molecule has 1 atom stereocenters. The molecule has 3 aromatic carbocycles. The Balaban J connectivity index is 1.35. The van der Waals surface area contributed by atoms with Gasteiger partial charge in [-0.05, 0) is 36.8 Å². The number of nitro benzene ring substituents is 1. The number of aromatic nitrogens is 3. The first kappa shape index (κ1) is 28.5. The molecule has 11 nitrogen and oxygen atoms in total. The molecule has 0 amide bonds. The van der Waals surface area contributed by atoms with Crippen molar-refractivity contribution in [2.24, 2.45) is 4.99 Å². The van der Waals surface area contributed by atoms with Crippen LogP contribution in [0.1, 0.15) is 35.8 Å². The number of carboxylic acids is 1. The second-order valence-corrected chi connectivity index (χ2v) is 11.2. The summed E-state index contributed by atoms with van der Waals surface area (Å²) >= 11 is 1.48. The van der Waals surface area contributed by atoms with E-state index in [-0.39, 0.29) is 29.8 Å². The fourth-order valence-electron chi connectivity index (χ4n) is 5.37. The zero-order chi connectivity index (χ0) is 29.9. The van der Waals surface area contributed by atoms with Gasteiger partial charge in [0, 0.05) is 61.5 Å². The second-order valence-electron chi connectivity index (χ2n) is 10.3. The SMILES string of the molecule is O=C(O)CC[C@@H]1N=C(c2ccccc2F)c2cc([N+](=O)[O-])ccc2-n2c(SCN3CCN(c4ccccc4)CC3)nnc21. The molecular formula is C30H28FN7O4S. The Morgan fingerprint density at radius 1 is 1.00 bits per heavy atom. The summed E-state index contributed by atoms with van der Waals surface area (Å²) in [5, 5.41) is 30.6. The molecule has 0 unspecified atom stereocenters. The number of carboxylic acid groups (broad SMARTS) is 1. The third kappa shape index (κ3) is 5.99. The van der Waals surface area contributed by atoms with Crippen LogP contribution in [0.25, 0.3) is 5.69 Å². The number of nitro groups is 1. The molecule has 2 aliphatic rings. The maximum absolute atomic E-state index is 15.1. The van der Waals surface area contributed by atoms with Gasteiger partial charge in [0.05, 0.1) is 22.2 Å². The van der Waals surface area contributed by atoms with E-state index in [0.29, 0.717) is 28.1 Å². The maximum Gasteiger partial charge on any atom is 0.303 e. The molecule has 1 fully saturated rings. The summed E-state index contributed by atoms with van der Waals surface area (Å²) < 4.78 is 16.9. The minimum Gasteiger partial charge on any atom is -0.481 e. The Morgan fingerprint density at radius 2 is 1.74 bits per heavy atom. The summed E-state index contributed by atoms with van der Waals surface area (Å²) in [6.45, 7) is 3.47. The highest BCUT2D eigenvalue weighted by Gasteiger charge is 2.32. The van der Waals surface area contributed by atoms with Crippen LogP contribution < -0.4 is 4.90 Å². The van der Waals surface area contributed by atoms with Crippen molar-refractivity contribution < 1.29 is 19.2 Å². The summed E-state index contributed by atoms with van der Waals surface area (Å²) in [7, 11) is 0. The van der Waals surface area contributed by atoms with E-state index in [1.165, 1.54) is 35.6 Å².